The SMILES string of the molecule is Cl.O=C([C@@H]1C[C@H]2CCNC[C@H]21)N1CCC2(CC1)OCCc1sc(-c3ccccc3)cc12. The number of carbonyl (C=O) groups is 1. The summed E-state index contributed by atoms with van der Waals surface area (Å²) in [5, 5.41) is 3.49. The van der Waals surface area contributed by atoms with Crippen LogP contribution in [0.4, 0.5) is 0 Å². The Labute approximate surface area is 194 Å². The smallest absolute Gasteiger partial charge is 0.226 e. The van der Waals surface area contributed by atoms with Gasteiger partial charge in [-0.3, -0.25) is 4.79 Å². The Hall–Kier alpha value is -1.40. The number of benzene rings is 1. The monoisotopic (exact) mass is 458 g/mol. The number of nitrogens with zero attached hydrogens (tertiary/aromatic N) is 1. The fraction of sp³-hybridized carbons (Fsp3) is 0.560. The summed E-state index contributed by atoms with van der Waals surface area (Å²) in [5.74, 6) is 2.01. The lowest BCUT2D eigenvalue weighted by Gasteiger charge is -2.50. The van der Waals surface area contributed by atoms with E-state index < -0.39 is 0 Å². The van der Waals surface area contributed by atoms with Crippen LogP contribution in [0.2, 0.25) is 0 Å². The Morgan fingerprint density at radius 1 is 1.19 bits per heavy atom. The highest BCUT2D eigenvalue weighted by Crippen LogP contribution is 2.48. The van der Waals surface area contributed by atoms with Crippen LogP contribution in [0.25, 0.3) is 10.4 Å². The summed E-state index contributed by atoms with van der Waals surface area (Å²) in [5.41, 5.74) is 2.49. The van der Waals surface area contributed by atoms with E-state index in [1.165, 1.54) is 27.3 Å². The molecule has 4 nitrogen and oxygen atoms in total. The third kappa shape index (κ3) is 3.64. The van der Waals surface area contributed by atoms with Gasteiger partial charge in [-0.25, -0.2) is 0 Å². The number of fused-ring (bicyclic) bond motifs is 3. The summed E-state index contributed by atoms with van der Waals surface area (Å²) in [6.07, 6.45) is 5.22. The standard InChI is InChI=1S/C25H30N2O2S.ClH/c28-24(19-14-18-6-10-26-16-20(18)19)27-11-8-25(9-12-27)21-15-23(17-4-2-1-3-5-17)30-22(21)7-13-29-25;/h1-5,15,18-20,26H,6-14,16H2;1H/t18-,19-,20-;/m1./s1. The number of hydrogen-bond donors (Lipinski definition) is 1. The zero-order chi connectivity index (χ0) is 20.1. The van der Waals surface area contributed by atoms with E-state index >= 15 is 0 Å². The lowest BCUT2D eigenvalue weighted by atomic mass is 9.61. The molecule has 2 aromatic rings. The Kier molecular flexibility index (Phi) is 5.89. The first-order valence-corrected chi connectivity index (χ1v) is 12.4. The average molecular weight is 459 g/mol. The Balaban J connectivity index is 0.00000204. The molecule has 3 aliphatic heterocycles. The van der Waals surface area contributed by atoms with E-state index in [2.05, 4.69) is 46.6 Å². The van der Waals surface area contributed by atoms with E-state index in [4.69, 9.17) is 4.74 Å². The van der Waals surface area contributed by atoms with Crippen molar-refractivity contribution in [1.82, 2.24) is 10.2 Å². The van der Waals surface area contributed by atoms with Crippen molar-refractivity contribution in [2.24, 2.45) is 17.8 Å². The minimum absolute atomic E-state index is 0. The molecule has 1 N–H and O–H groups in total. The molecule has 1 aromatic carbocycles. The van der Waals surface area contributed by atoms with Crippen LogP contribution >= 0.6 is 23.7 Å². The third-order valence-corrected chi connectivity index (χ3v) is 9.26. The van der Waals surface area contributed by atoms with Gasteiger partial charge in [0.1, 0.15) is 0 Å². The predicted octanol–water partition coefficient (Wildman–Crippen LogP) is 4.47. The molecule has 31 heavy (non-hydrogen) atoms. The Morgan fingerprint density at radius 2 is 2.00 bits per heavy atom. The minimum atomic E-state index is -0.192. The van der Waals surface area contributed by atoms with Crippen LogP contribution in [-0.2, 0) is 21.6 Å². The molecule has 0 unspecified atom stereocenters. The summed E-state index contributed by atoms with van der Waals surface area (Å²) in [6, 6.07) is 13.0. The Bertz CT molecular complexity index is 938. The van der Waals surface area contributed by atoms with Crippen molar-refractivity contribution in [3.8, 4) is 10.4 Å². The van der Waals surface area contributed by atoms with E-state index in [0.717, 1.165) is 64.4 Å². The minimum Gasteiger partial charge on any atom is -0.370 e. The van der Waals surface area contributed by atoms with Crippen LogP contribution in [-0.4, -0.2) is 43.6 Å². The summed E-state index contributed by atoms with van der Waals surface area (Å²) in [6.45, 7) is 4.61. The molecule has 4 heterocycles. The molecule has 166 valence electrons. The molecular weight excluding hydrogens is 428 g/mol. The average Bonchev–Trinajstić information content (AvgIpc) is 3.22. The number of likely N-dealkylation sites (tertiary alicyclic amines) is 1. The molecule has 1 spiro atoms. The van der Waals surface area contributed by atoms with Crippen molar-refractivity contribution in [3.63, 3.8) is 0 Å². The lowest BCUT2D eigenvalue weighted by molar-refractivity contribution is -0.153. The van der Waals surface area contributed by atoms with Gasteiger partial charge in [0, 0.05) is 35.2 Å². The van der Waals surface area contributed by atoms with Gasteiger partial charge in [-0.05, 0) is 67.8 Å². The van der Waals surface area contributed by atoms with Gasteiger partial charge in [-0.1, -0.05) is 30.3 Å². The number of piperidine rings is 2. The van der Waals surface area contributed by atoms with Crippen molar-refractivity contribution in [1.29, 1.82) is 0 Å². The van der Waals surface area contributed by atoms with Crippen LogP contribution in [0.15, 0.2) is 36.4 Å². The first-order valence-electron chi connectivity index (χ1n) is 11.6. The molecule has 3 fully saturated rings. The molecule has 6 heteroatoms. The number of halogens is 1. The van der Waals surface area contributed by atoms with E-state index in [0.29, 0.717) is 11.8 Å². The Morgan fingerprint density at radius 3 is 2.77 bits per heavy atom. The summed E-state index contributed by atoms with van der Waals surface area (Å²) < 4.78 is 6.46. The zero-order valence-corrected chi connectivity index (χ0v) is 19.5. The van der Waals surface area contributed by atoms with Crippen LogP contribution < -0.4 is 5.32 Å². The fourth-order valence-corrected chi connectivity index (χ4v) is 7.42. The van der Waals surface area contributed by atoms with Gasteiger partial charge in [0.05, 0.1) is 12.2 Å². The van der Waals surface area contributed by atoms with Gasteiger partial charge in [0.2, 0.25) is 5.91 Å². The molecule has 1 aromatic heterocycles. The third-order valence-electron chi connectivity index (χ3n) is 8.02. The van der Waals surface area contributed by atoms with Gasteiger partial charge >= 0.3 is 0 Å². The highest BCUT2D eigenvalue weighted by atomic mass is 35.5. The summed E-state index contributed by atoms with van der Waals surface area (Å²) in [4.78, 5) is 18.2. The number of nitrogens with one attached hydrogen (secondary N) is 1. The summed E-state index contributed by atoms with van der Waals surface area (Å²) >= 11 is 1.93. The topological polar surface area (TPSA) is 41.6 Å². The zero-order valence-electron chi connectivity index (χ0n) is 17.8. The van der Waals surface area contributed by atoms with Crippen LogP contribution in [0, 0.1) is 17.8 Å². The number of ether oxygens (including phenoxy) is 1. The fourth-order valence-electron chi connectivity index (χ4n) is 6.19. The maximum atomic E-state index is 13.2. The highest BCUT2D eigenvalue weighted by Gasteiger charge is 2.49. The predicted molar refractivity (Wildman–Crippen MR) is 127 cm³/mol. The second kappa shape index (κ2) is 8.51. The number of rotatable bonds is 2. The van der Waals surface area contributed by atoms with Crippen molar-refractivity contribution in [2.75, 3.05) is 32.8 Å². The van der Waals surface area contributed by atoms with E-state index in [1.807, 2.05) is 11.3 Å². The highest BCUT2D eigenvalue weighted by molar-refractivity contribution is 7.15. The molecule has 1 amide bonds. The lowest BCUT2D eigenvalue weighted by Crippen LogP contribution is -2.56. The summed E-state index contributed by atoms with van der Waals surface area (Å²) in [7, 11) is 0. The van der Waals surface area contributed by atoms with Crippen LogP contribution in [0.3, 0.4) is 0 Å². The van der Waals surface area contributed by atoms with Crippen molar-refractivity contribution < 1.29 is 9.53 Å². The normalized spacial score (nSPS) is 28.8. The van der Waals surface area contributed by atoms with E-state index in [-0.39, 0.29) is 23.9 Å². The molecular formula is C25H31ClN2O2S. The first kappa shape index (κ1) is 21.4. The number of hydrogen-bond acceptors (Lipinski definition) is 4. The molecule has 0 radical (unpaired) electrons. The van der Waals surface area contributed by atoms with Crippen LogP contribution in [0.5, 0.6) is 0 Å². The van der Waals surface area contributed by atoms with E-state index in [9.17, 15) is 4.79 Å². The van der Waals surface area contributed by atoms with Gasteiger partial charge in [-0.2, -0.15) is 0 Å². The van der Waals surface area contributed by atoms with Crippen molar-refractivity contribution in [2.45, 2.75) is 37.7 Å². The van der Waals surface area contributed by atoms with Gasteiger partial charge < -0.3 is 15.0 Å². The van der Waals surface area contributed by atoms with E-state index in [1.54, 1.807) is 0 Å². The molecule has 6 rings (SSSR count). The maximum absolute atomic E-state index is 13.2. The second-order valence-corrected chi connectivity index (χ2v) is 10.6. The van der Waals surface area contributed by atoms with Crippen molar-refractivity contribution in [3.05, 3.63) is 46.8 Å². The number of thiophene rings is 1. The number of carbonyl (C=O) groups excluding carboxylic acids is 1. The molecule has 4 aliphatic rings. The molecule has 2 saturated heterocycles. The van der Waals surface area contributed by atoms with Gasteiger partial charge in [0.15, 0.2) is 0 Å². The molecule has 1 aliphatic carbocycles. The number of amides is 1. The molecule has 3 atom stereocenters. The van der Waals surface area contributed by atoms with Crippen molar-refractivity contribution >= 4 is 29.7 Å². The van der Waals surface area contributed by atoms with Gasteiger partial charge in [0.25, 0.3) is 0 Å². The second-order valence-electron chi connectivity index (χ2n) is 9.49. The quantitative estimate of drug-likeness (QED) is 0.721. The molecule has 0 bridgehead atoms. The largest absolute Gasteiger partial charge is 0.370 e. The maximum Gasteiger partial charge on any atom is 0.226 e. The molecule has 1 saturated carbocycles. The van der Waals surface area contributed by atoms with Gasteiger partial charge in [-0.15, -0.1) is 23.7 Å². The van der Waals surface area contributed by atoms with Crippen LogP contribution in [0.1, 0.15) is 36.1 Å². The first-order chi connectivity index (χ1) is 14.7.